The molecule has 1 heterocycles. The summed E-state index contributed by atoms with van der Waals surface area (Å²) in [6.07, 6.45) is 0.659. The minimum absolute atomic E-state index is 0.394. The predicted octanol–water partition coefficient (Wildman–Crippen LogP) is 2.07. The van der Waals surface area contributed by atoms with Crippen molar-refractivity contribution in [3.05, 3.63) is 70.8 Å². The van der Waals surface area contributed by atoms with Gasteiger partial charge in [-0.15, -0.1) is 0 Å². The number of nitrogens with zero attached hydrogens (tertiary/aromatic N) is 2. The first-order chi connectivity index (χ1) is 11.7. The summed E-state index contributed by atoms with van der Waals surface area (Å²) < 4.78 is 0. The van der Waals surface area contributed by atoms with E-state index in [-0.39, 0.29) is 0 Å². The molecule has 2 aromatic carbocycles. The lowest BCUT2D eigenvalue weighted by Gasteiger charge is -2.30. The van der Waals surface area contributed by atoms with Crippen LogP contribution in [0, 0.1) is 11.3 Å². The van der Waals surface area contributed by atoms with Crippen LogP contribution in [0.1, 0.15) is 22.3 Å². The Kier molecular flexibility index (Phi) is 5.60. The minimum atomic E-state index is -0.394. The van der Waals surface area contributed by atoms with Gasteiger partial charge in [-0.2, -0.15) is 5.26 Å². The Labute approximate surface area is 143 Å². The van der Waals surface area contributed by atoms with Gasteiger partial charge in [-0.3, -0.25) is 4.90 Å². The summed E-state index contributed by atoms with van der Waals surface area (Å²) in [6, 6.07) is 18.2. The van der Waals surface area contributed by atoms with Crippen LogP contribution in [0.4, 0.5) is 0 Å². The van der Waals surface area contributed by atoms with E-state index >= 15 is 0 Å². The first kappa shape index (κ1) is 16.7. The maximum atomic E-state index is 10.3. The third kappa shape index (κ3) is 4.42. The van der Waals surface area contributed by atoms with Crippen molar-refractivity contribution in [2.24, 2.45) is 0 Å². The largest absolute Gasteiger partial charge is 0.390 e. The maximum Gasteiger partial charge on any atom is 0.0991 e. The molecule has 0 fully saturated rings. The third-order valence-corrected chi connectivity index (χ3v) is 4.44. The fourth-order valence-electron chi connectivity index (χ4n) is 3.21. The summed E-state index contributed by atoms with van der Waals surface area (Å²) in [4.78, 5) is 2.31. The number of benzene rings is 2. The van der Waals surface area contributed by atoms with Gasteiger partial charge in [0.15, 0.2) is 0 Å². The number of rotatable bonds is 6. The Balaban J connectivity index is 1.43. The van der Waals surface area contributed by atoms with Gasteiger partial charge in [0.25, 0.3) is 0 Å². The smallest absolute Gasteiger partial charge is 0.0991 e. The summed E-state index contributed by atoms with van der Waals surface area (Å²) in [5.41, 5.74) is 4.53. The van der Waals surface area contributed by atoms with Crippen LogP contribution in [0.15, 0.2) is 48.5 Å². The highest BCUT2D eigenvalue weighted by atomic mass is 16.3. The van der Waals surface area contributed by atoms with E-state index in [0.29, 0.717) is 25.2 Å². The van der Waals surface area contributed by atoms with Crippen LogP contribution in [0.25, 0.3) is 0 Å². The normalized spacial score (nSPS) is 15.5. The molecule has 0 saturated heterocycles. The van der Waals surface area contributed by atoms with Gasteiger partial charge in [-0.05, 0) is 35.2 Å². The van der Waals surface area contributed by atoms with Crippen molar-refractivity contribution in [1.29, 1.82) is 5.26 Å². The standard InChI is InChI=1S/C20H23N3O/c21-11-16-4-3-5-17(10-16)12-22-13-20(24)15-23-9-8-18-6-1-2-7-19(18)14-23/h1-7,10,20,22,24H,8-9,12-15H2/t20-/m1/s1. The lowest BCUT2D eigenvalue weighted by Crippen LogP contribution is -2.40. The molecule has 0 amide bonds. The Morgan fingerprint density at radius 1 is 1.17 bits per heavy atom. The zero-order valence-corrected chi connectivity index (χ0v) is 13.8. The molecule has 3 rings (SSSR count). The Morgan fingerprint density at radius 2 is 2.00 bits per heavy atom. The number of nitriles is 1. The molecule has 0 unspecified atom stereocenters. The first-order valence-electron chi connectivity index (χ1n) is 8.41. The number of fused-ring (bicyclic) bond motifs is 1. The minimum Gasteiger partial charge on any atom is -0.390 e. The summed E-state index contributed by atoms with van der Waals surface area (Å²) >= 11 is 0. The zero-order valence-electron chi connectivity index (χ0n) is 13.8. The molecular formula is C20H23N3O. The molecule has 4 nitrogen and oxygen atoms in total. The van der Waals surface area contributed by atoms with Gasteiger partial charge in [-0.1, -0.05) is 36.4 Å². The molecule has 0 radical (unpaired) electrons. The molecular weight excluding hydrogens is 298 g/mol. The zero-order chi connectivity index (χ0) is 16.8. The van der Waals surface area contributed by atoms with Gasteiger partial charge < -0.3 is 10.4 Å². The van der Waals surface area contributed by atoms with Crippen molar-refractivity contribution in [3.63, 3.8) is 0 Å². The van der Waals surface area contributed by atoms with E-state index in [1.54, 1.807) is 6.07 Å². The predicted molar refractivity (Wildman–Crippen MR) is 94.3 cm³/mol. The SMILES string of the molecule is N#Cc1cccc(CNC[C@@H](O)CN2CCc3ccccc3C2)c1. The van der Waals surface area contributed by atoms with Gasteiger partial charge in [0, 0.05) is 32.7 Å². The maximum absolute atomic E-state index is 10.3. The number of hydrogen-bond acceptors (Lipinski definition) is 4. The molecule has 1 atom stereocenters. The van der Waals surface area contributed by atoms with Crippen molar-refractivity contribution in [1.82, 2.24) is 10.2 Å². The molecule has 0 aromatic heterocycles. The summed E-state index contributed by atoms with van der Waals surface area (Å²) in [5, 5.41) is 22.5. The molecule has 1 aliphatic rings. The van der Waals surface area contributed by atoms with E-state index < -0.39 is 6.10 Å². The van der Waals surface area contributed by atoms with E-state index in [9.17, 15) is 5.11 Å². The second-order valence-corrected chi connectivity index (χ2v) is 6.35. The Hall–Kier alpha value is -2.19. The molecule has 24 heavy (non-hydrogen) atoms. The van der Waals surface area contributed by atoms with E-state index in [4.69, 9.17) is 5.26 Å². The molecule has 124 valence electrons. The molecule has 0 spiro atoms. The molecule has 2 N–H and O–H groups in total. The molecule has 1 aliphatic heterocycles. The topological polar surface area (TPSA) is 59.3 Å². The molecule has 0 bridgehead atoms. The third-order valence-electron chi connectivity index (χ3n) is 4.44. The van der Waals surface area contributed by atoms with Crippen molar-refractivity contribution < 1.29 is 5.11 Å². The second-order valence-electron chi connectivity index (χ2n) is 6.35. The molecule has 0 saturated carbocycles. The number of aliphatic hydroxyl groups is 1. The Morgan fingerprint density at radius 3 is 2.83 bits per heavy atom. The van der Waals surface area contributed by atoms with E-state index in [0.717, 1.165) is 25.1 Å². The quantitative estimate of drug-likeness (QED) is 0.855. The van der Waals surface area contributed by atoms with Crippen molar-refractivity contribution >= 4 is 0 Å². The highest BCUT2D eigenvalue weighted by molar-refractivity contribution is 5.32. The summed E-state index contributed by atoms with van der Waals surface area (Å²) in [7, 11) is 0. The lowest BCUT2D eigenvalue weighted by atomic mass is 10.00. The average molecular weight is 321 g/mol. The highest BCUT2D eigenvalue weighted by Crippen LogP contribution is 2.18. The van der Waals surface area contributed by atoms with Crippen molar-refractivity contribution in [2.75, 3.05) is 19.6 Å². The molecule has 2 aromatic rings. The van der Waals surface area contributed by atoms with Gasteiger partial charge in [0.1, 0.15) is 0 Å². The average Bonchev–Trinajstić information content (AvgIpc) is 2.62. The number of hydrogen-bond donors (Lipinski definition) is 2. The van der Waals surface area contributed by atoms with Crippen LogP contribution in [-0.2, 0) is 19.5 Å². The monoisotopic (exact) mass is 321 g/mol. The van der Waals surface area contributed by atoms with Crippen LogP contribution in [0.5, 0.6) is 0 Å². The van der Waals surface area contributed by atoms with Crippen LogP contribution in [-0.4, -0.2) is 35.7 Å². The first-order valence-corrected chi connectivity index (χ1v) is 8.41. The highest BCUT2D eigenvalue weighted by Gasteiger charge is 2.18. The number of nitrogens with one attached hydrogen (secondary N) is 1. The summed E-state index contributed by atoms with van der Waals surface area (Å²) in [6.45, 7) is 3.81. The molecule has 4 heteroatoms. The fraction of sp³-hybridized carbons (Fsp3) is 0.350. The van der Waals surface area contributed by atoms with Gasteiger partial charge >= 0.3 is 0 Å². The second kappa shape index (κ2) is 8.07. The van der Waals surface area contributed by atoms with Crippen molar-refractivity contribution in [3.8, 4) is 6.07 Å². The van der Waals surface area contributed by atoms with Gasteiger partial charge in [-0.25, -0.2) is 0 Å². The summed E-state index contributed by atoms with van der Waals surface area (Å²) in [5.74, 6) is 0. The van der Waals surface area contributed by atoms with Crippen LogP contribution < -0.4 is 5.32 Å². The van der Waals surface area contributed by atoms with Gasteiger partial charge in [0.2, 0.25) is 0 Å². The number of aliphatic hydroxyl groups excluding tert-OH is 1. The Bertz CT molecular complexity index is 723. The van der Waals surface area contributed by atoms with E-state index in [1.165, 1.54) is 11.1 Å². The molecule has 0 aliphatic carbocycles. The van der Waals surface area contributed by atoms with Gasteiger partial charge in [0.05, 0.1) is 17.7 Å². The number of β-amino-alcohol motifs (C(OH)–C–C–N with tert-alkyl or cyclic N) is 1. The lowest BCUT2D eigenvalue weighted by molar-refractivity contribution is 0.104. The van der Waals surface area contributed by atoms with E-state index in [1.807, 2.05) is 18.2 Å². The van der Waals surface area contributed by atoms with Crippen molar-refractivity contribution in [2.45, 2.75) is 25.6 Å². The van der Waals surface area contributed by atoms with E-state index in [2.05, 4.69) is 40.6 Å². The van der Waals surface area contributed by atoms with Crippen LogP contribution >= 0.6 is 0 Å². The van der Waals surface area contributed by atoms with Crippen LogP contribution in [0.3, 0.4) is 0 Å². The van der Waals surface area contributed by atoms with Crippen LogP contribution in [0.2, 0.25) is 0 Å². The fourth-order valence-corrected chi connectivity index (χ4v) is 3.21.